The molecule has 5 nitrogen and oxygen atoms in total. The number of aryl methyl sites for hydroxylation is 1. The number of benzene rings is 1. The van der Waals surface area contributed by atoms with Crippen LogP contribution in [0.15, 0.2) is 30.9 Å². The van der Waals surface area contributed by atoms with E-state index in [2.05, 4.69) is 11.5 Å². The van der Waals surface area contributed by atoms with Gasteiger partial charge in [0.1, 0.15) is 5.60 Å². The van der Waals surface area contributed by atoms with Gasteiger partial charge in [0.15, 0.2) is 5.78 Å². The summed E-state index contributed by atoms with van der Waals surface area (Å²) >= 11 is 0. The molecule has 0 aliphatic carbocycles. The highest BCUT2D eigenvalue weighted by Gasteiger charge is 2.26. The maximum Gasteiger partial charge on any atom is 0.410 e. The summed E-state index contributed by atoms with van der Waals surface area (Å²) in [5, 5.41) is 0. The van der Waals surface area contributed by atoms with Gasteiger partial charge in [0.2, 0.25) is 0 Å². The van der Waals surface area contributed by atoms with E-state index in [0.29, 0.717) is 31.7 Å². The van der Waals surface area contributed by atoms with Gasteiger partial charge in [-0.15, -0.1) is 0 Å². The number of hydrogen-bond acceptors (Lipinski definition) is 4. The molecule has 0 unspecified atom stereocenters. The molecule has 0 spiro atoms. The van der Waals surface area contributed by atoms with Crippen LogP contribution in [0.1, 0.15) is 36.7 Å². The minimum atomic E-state index is -0.481. The summed E-state index contributed by atoms with van der Waals surface area (Å²) in [6.07, 6.45) is 1.07. The first-order chi connectivity index (χ1) is 11.2. The molecule has 0 aromatic heterocycles. The number of carbonyl (C=O) groups excluding carboxylic acids is 2. The highest BCUT2D eigenvalue weighted by molar-refractivity contribution is 6.05. The van der Waals surface area contributed by atoms with Crippen LogP contribution < -0.4 is 4.90 Å². The largest absolute Gasteiger partial charge is 0.444 e. The third-order valence-electron chi connectivity index (χ3n) is 3.97. The maximum absolute atomic E-state index is 12.1. The number of amides is 1. The van der Waals surface area contributed by atoms with Crippen molar-refractivity contribution in [2.75, 3.05) is 31.1 Å². The second-order valence-electron chi connectivity index (χ2n) is 7.02. The number of allylic oxidation sites excluding steroid dienone is 1. The predicted molar refractivity (Wildman–Crippen MR) is 95.7 cm³/mol. The number of nitrogens with zero attached hydrogens (tertiary/aromatic N) is 2. The van der Waals surface area contributed by atoms with Gasteiger partial charge in [-0.2, -0.15) is 0 Å². The first-order valence-electron chi connectivity index (χ1n) is 8.21. The van der Waals surface area contributed by atoms with Crippen LogP contribution in [0.4, 0.5) is 10.5 Å². The molecule has 2 rings (SSSR count). The molecule has 0 saturated carbocycles. The molecule has 1 amide bonds. The zero-order valence-corrected chi connectivity index (χ0v) is 15.0. The van der Waals surface area contributed by atoms with Gasteiger partial charge in [0.25, 0.3) is 0 Å². The zero-order valence-electron chi connectivity index (χ0n) is 15.0. The third-order valence-corrected chi connectivity index (χ3v) is 3.97. The molecule has 0 bridgehead atoms. The molecule has 0 radical (unpaired) electrons. The van der Waals surface area contributed by atoms with Crippen molar-refractivity contribution in [2.45, 2.75) is 33.3 Å². The van der Waals surface area contributed by atoms with Crippen molar-refractivity contribution in [1.82, 2.24) is 4.90 Å². The average molecular weight is 330 g/mol. The monoisotopic (exact) mass is 330 g/mol. The molecule has 1 aliphatic rings. The van der Waals surface area contributed by atoms with E-state index in [4.69, 9.17) is 4.74 Å². The van der Waals surface area contributed by atoms with Gasteiger partial charge < -0.3 is 14.5 Å². The first kappa shape index (κ1) is 18.0. The van der Waals surface area contributed by atoms with Gasteiger partial charge in [-0.25, -0.2) is 4.79 Å². The van der Waals surface area contributed by atoms with E-state index in [9.17, 15) is 9.59 Å². The van der Waals surface area contributed by atoms with Gasteiger partial charge in [-0.3, -0.25) is 4.79 Å². The first-order valence-corrected chi connectivity index (χ1v) is 8.21. The van der Waals surface area contributed by atoms with Crippen LogP contribution in [0.3, 0.4) is 0 Å². The lowest BCUT2D eigenvalue weighted by Gasteiger charge is -2.37. The normalized spacial score (nSPS) is 15.2. The predicted octanol–water partition coefficient (Wildman–Crippen LogP) is 3.42. The summed E-state index contributed by atoms with van der Waals surface area (Å²) in [6.45, 7) is 13.7. The topological polar surface area (TPSA) is 49.9 Å². The number of anilines is 1. The molecule has 5 heteroatoms. The van der Waals surface area contributed by atoms with Crippen molar-refractivity contribution in [3.05, 3.63) is 42.0 Å². The van der Waals surface area contributed by atoms with Crippen LogP contribution in [-0.2, 0) is 4.74 Å². The van der Waals surface area contributed by atoms with Gasteiger partial charge in [0, 0.05) is 37.4 Å². The Morgan fingerprint density at radius 1 is 1.17 bits per heavy atom. The van der Waals surface area contributed by atoms with E-state index in [1.54, 1.807) is 4.90 Å². The van der Waals surface area contributed by atoms with Gasteiger partial charge in [-0.1, -0.05) is 12.6 Å². The Morgan fingerprint density at radius 2 is 1.79 bits per heavy atom. The van der Waals surface area contributed by atoms with E-state index in [1.807, 2.05) is 45.9 Å². The van der Waals surface area contributed by atoms with Crippen LogP contribution in [0.25, 0.3) is 0 Å². The second-order valence-corrected chi connectivity index (χ2v) is 7.02. The third kappa shape index (κ3) is 4.37. The lowest BCUT2D eigenvalue weighted by molar-refractivity contribution is 0.0240. The highest BCUT2D eigenvalue weighted by Crippen LogP contribution is 2.22. The average Bonchev–Trinajstić information content (AvgIpc) is 2.53. The smallest absolute Gasteiger partial charge is 0.410 e. The molecular weight excluding hydrogens is 304 g/mol. The minimum Gasteiger partial charge on any atom is -0.444 e. The summed E-state index contributed by atoms with van der Waals surface area (Å²) in [5.41, 5.74) is 2.13. The van der Waals surface area contributed by atoms with Crippen LogP contribution in [0.5, 0.6) is 0 Å². The quantitative estimate of drug-likeness (QED) is 0.629. The molecule has 1 saturated heterocycles. The number of piperazine rings is 1. The lowest BCUT2D eigenvalue weighted by Crippen LogP contribution is -2.50. The Morgan fingerprint density at radius 3 is 2.33 bits per heavy atom. The number of hydrogen-bond donors (Lipinski definition) is 0. The Labute approximate surface area is 143 Å². The molecule has 1 aromatic rings. The fourth-order valence-electron chi connectivity index (χ4n) is 2.66. The minimum absolute atomic E-state index is 0.0678. The summed E-state index contributed by atoms with van der Waals surface area (Å²) in [4.78, 5) is 28.0. The summed E-state index contributed by atoms with van der Waals surface area (Å²) in [7, 11) is 0. The standard InChI is InChI=1S/C19H26N2O3/c1-6-17(22)16-13-15(8-7-14(16)2)20-9-11-21(12-10-20)18(23)24-19(3,4)5/h6-8,13H,1,9-12H2,2-5H3. The Bertz CT molecular complexity index is 639. The second kappa shape index (κ2) is 7.07. The van der Waals surface area contributed by atoms with Gasteiger partial charge in [-0.05, 0) is 51.5 Å². The molecule has 130 valence electrons. The molecule has 1 fully saturated rings. The SMILES string of the molecule is C=CC(=O)c1cc(N2CCN(C(=O)OC(C)(C)C)CC2)ccc1C. The number of ketones is 1. The van der Waals surface area contributed by atoms with Crippen LogP contribution >= 0.6 is 0 Å². The molecule has 0 N–H and O–H groups in total. The van der Waals surface area contributed by atoms with Crippen molar-refractivity contribution in [2.24, 2.45) is 0 Å². The highest BCUT2D eigenvalue weighted by atomic mass is 16.6. The Hall–Kier alpha value is -2.30. The van der Waals surface area contributed by atoms with Crippen LogP contribution in [0.2, 0.25) is 0 Å². The van der Waals surface area contributed by atoms with Crippen molar-refractivity contribution in [1.29, 1.82) is 0 Å². The Balaban J connectivity index is 2.03. The van der Waals surface area contributed by atoms with Crippen LogP contribution in [0, 0.1) is 6.92 Å². The van der Waals surface area contributed by atoms with Crippen molar-refractivity contribution < 1.29 is 14.3 Å². The van der Waals surface area contributed by atoms with E-state index < -0.39 is 5.60 Å². The zero-order chi connectivity index (χ0) is 17.9. The van der Waals surface area contributed by atoms with Gasteiger partial charge in [0.05, 0.1) is 0 Å². The molecule has 1 heterocycles. The summed E-state index contributed by atoms with van der Waals surface area (Å²) in [5.74, 6) is -0.0678. The lowest BCUT2D eigenvalue weighted by atomic mass is 10.0. The van der Waals surface area contributed by atoms with E-state index in [-0.39, 0.29) is 11.9 Å². The van der Waals surface area contributed by atoms with Crippen LogP contribution in [-0.4, -0.2) is 48.6 Å². The van der Waals surface area contributed by atoms with E-state index in [1.165, 1.54) is 6.08 Å². The van der Waals surface area contributed by atoms with Crippen molar-refractivity contribution in [3.8, 4) is 0 Å². The molecule has 0 atom stereocenters. The molecule has 1 aromatic carbocycles. The van der Waals surface area contributed by atoms with Gasteiger partial charge >= 0.3 is 6.09 Å². The van der Waals surface area contributed by atoms with E-state index in [0.717, 1.165) is 11.3 Å². The number of rotatable bonds is 3. The molecule has 1 aliphatic heterocycles. The molecule has 24 heavy (non-hydrogen) atoms. The fraction of sp³-hybridized carbons (Fsp3) is 0.474. The number of ether oxygens (including phenoxy) is 1. The Kier molecular flexibility index (Phi) is 5.32. The number of carbonyl (C=O) groups is 2. The molecular formula is C19H26N2O3. The van der Waals surface area contributed by atoms with Crippen molar-refractivity contribution in [3.63, 3.8) is 0 Å². The maximum atomic E-state index is 12.1. The summed E-state index contributed by atoms with van der Waals surface area (Å²) in [6, 6.07) is 5.87. The fourth-order valence-corrected chi connectivity index (χ4v) is 2.66. The van der Waals surface area contributed by atoms with E-state index >= 15 is 0 Å². The van der Waals surface area contributed by atoms with Crippen molar-refractivity contribution >= 4 is 17.6 Å². The summed E-state index contributed by atoms with van der Waals surface area (Å²) < 4.78 is 5.41.